The molecule has 2 aliphatic rings. The molecule has 2 aromatic heterocycles. The van der Waals surface area contributed by atoms with Gasteiger partial charge >= 0.3 is 6.18 Å². The molecule has 2 saturated heterocycles. The maximum Gasteiger partial charge on any atom is 0.416 e. The predicted molar refractivity (Wildman–Crippen MR) is 154 cm³/mol. The van der Waals surface area contributed by atoms with E-state index in [9.17, 15) is 18.0 Å². The summed E-state index contributed by atoms with van der Waals surface area (Å²) in [6.45, 7) is 13.0. The Labute approximate surface area is 242 Å². The number of alkyl halides is 3. The van der Waals surface area contributed by atoms with Gasteiger partial charge in [0.15, 0.2) is 0 Å². The Balaban J connectivity index is 1.57. The van der Waals surface area contributed by atoms with E-state index >= 15 is 4.39 Å². The van der Waals surface area contributed by atoms with Gasteiger partial charge in [-0.2, -0.15) is 13.2 Å². The lowest BCUT2D eigenvalue weighted by molar-refractivity contribution is -0.137. The molecule has 0 saturated carbocycles. The monoisotopic (exact) mass is 588 g/mol. The molecule has 0 radical (unpaired) electrons. The van der Waals surface area contributed by atoms with Crippen LogP contribution in [0.4, 0.5) is 29.2 Å². The highest BCUT2D eigenvalue weighted by Crippen LogP contribution is 2.35. The summed E-state index contributed by atoms with van der Waals surface area (Å²) in [4.78, 5) is 28.2. The average Bonchev–Trinajstić information content (AvgIpc) is 2.88. The highest BCUT2D eigenvalue weighted by Gasteiger charge is 2.39. The highest BCUT2D eigenvalue weighted by molar-refractivity contribution is 5.74. The maximum absolute atomic E-state index is 15.8. The summed E-state index contributed by atoms with van der Waals surface area (Å²) in [6, 6.07) is 4.39. The van der Waals surface area contributed by atoms with E-state index in [-0.39, 0.29) is 17.3 Å². The molecule has 5 rings (SSSR count). The lowest BCUT2D eigenvalue weighted by Crippen LogP contribution is -2.57. The highest BCUT2D eigenvalue weighted by atomic mass is 19.4. The Morgan fingerprint density at radius 2 is 1.60 bits per heavy atom. The van der Waals surface area contributed by atoms with E-state index in [1.54, 1.807) is 0 Å². The smallest absolute Gasteiger partial charge is 0.367 e. The molecule has 1 aromatic carbocycles. The Hall–Kier alpha value is -3.51. The van der Waals surface area contributed by atoms with Crippen LogP contribution in [0.1, 0.15) is 40.2 Å². The van der Waals surface area contributed by atoms with E-state index in [0.717, 1.165) is 16.8 Å². The molecule has 1 atom stereocenters. The molecule has 226 valence electrons. The SMILES string of the molecule is C[C@@H]1CN(c2cc(F)c(-c3cnc(N4CC(C)(C)OC(C)(C)C4)nc3)cc2-n2ccc(C(F)(F)F)cc2=O)CCN1C. The quantitative estimate of drug-likeness (QED) is 0.398. The Morgan fingerprint density at radius 1 is 0.952 bits per heavy atom. The number of piperazine rings is 1. The van der Waals surface area contributed by atoms with Crippen molar-refractivity contribution < 1.29 is 22.3 Å². The minimum absolute atomic E-state index is 0.136. The van der Waals surface area contributed by atoms with Gasteiger partial charge in [-0.1, -0.05) is 0 Å². The molecule has 0 N–H and O–H groups in total. The lowest BCUT2D eigenvalue weighted by atomic mass is 9.99. The van der Waals surface area contributed by atoms with Gasteiger partial charge in [0.2, 0.25) is 5.95 Å². The van der Waals surface area contributed by atoms with Gasteiger partial charge in [0.1, 0.15) is 5.82 Å². The predicted octanol–water partition coefficient (Wildman–Crippen LogP) is 4.99. The second-order valence-electron chi connectivity index (χ2n) is 12.5. The largest absolute Gasteiger partial charge is 0.416 e. The third-order valence-electron chi connectivity index (χ3n) is 7.80. The Kier molecular flexibility index (Phi) is 7.59. The number of halogens is 4. The summed E-state index contributed by atoms with van der Waals surface area (Å²) >= 11 is 0. The molecular formula is C30H36F4N6O2. The van der Waals surface area contributed by atoms with E-state index < -0.39 is 34.3 Å². The van der Waals surface area contributed by atoms with Gasteiger partial charge < -0.3 is 19.4 Å². The van der Waals surface area contributed by atoms with Crippen molar-refractivity contribution in [3.63, 3.8) is 0 Å². The molecule has 2 aliphatic heterocycles. The van der Waals surface area contributed by atoms with Crippen molar-refractivity contribution in [1.29, 1.82) is 0 Å². The molecule has 42 heavy (non-hydrogen) atoms. The van der Waals surface area contributed by atoms with Crippen LogP contribution in [0.25, 0.3) is 16.8 Å². The third-order valence-corrected chi connectivity index (χ3v) is 7.80. The molecule has 12 heteroatoms. The number of pyridine rings is 1. The summed E-state index contributed by atoms with van der Waals surface area (Å²) < 4.78 is 63.0. The van der Waals surface area contributed by atoms with Gasteiger partial charge in [-0.3, -0.25) is 9.36 Å². The van der Waals surface area contributed by atoms with E-state index in [0.29, 0.717) is 56.0 Å². The van der Waals surface area contributed by atoms with Crippen LogP contribution in [0.2, 0.25) is 0 Å². The number of likely N-dealkylation sites (N-methyl/N-ethyl adjacent to an activating group) is 1. The van der Waals surface area contributed by atoms with Crippen LogP contribution in [-0.2, 0) is 10.9 Å². The molecule has 0 amide bonds. The fourth-order valence-corrected chi connectivity index (χ4v) is 5.89. The van der Waals surface area contributed by atoms with Crippen LogP contribution in [0.3, 0.4) is 0 Å². The van der Waals surface area contributed by atoms with E-state index in [2.05, 4.69) is 14.9 Å². The molecule has 3 aromatic rings. The fourth-order valence-electron chi connectivity index (χ4n) is 5.89. The molecule has 0 spiro atoms. The molecule has 4 heterocycles. The van der Waals surface area contributed by atoms with Crippen LogP contribution in [-0.4, -0.2) is 76.5 Å². The number of rotatable bonds is 4. The zero-order valence-corrected chi connectivity index (χ0v) is 24.7. The number of hydrogen-bond donors (Lipinski definition) is 0. The first kappa shape index (κ1) is 30.0. The van der Waals surface area contributed by atoms with Gasteiger partial charge in [0.25, 0.3) is 5.56 Å². The number of hydrogen-bond acceptors (Lipinski definition) is 7. The number of anilines is 2. The second kappa shape index (κ2) is 10.6. The number of benzene rings is 1. The average molecular weight is 589 g/mol. The first-order valence-corrected chi connectivity index (χ1v) is 13.9. The van der Waals surface area contributed by atoms with Gasteiger partial charge in [-0.05, 0) is 59.9 Å². The molecule has 0 aliphatic carbocycles. The second-order valence-corrected chi connectivity index (χ2v) is 12.5. The van der Waals surface area contributed by atoms with Gasteiger partial charge in [-0.15, -0.1) is 0 Å². The summed E-state index contributed by atoms with van der Waals surface area (Å²) in [5.74, 6) is -0.0730. The van der Waals surface area contributed by atoms with Crippen molar-refractivity contribution in [3.05, 3.63) is 64.6 Å². The number of nitrogens with zero attached hydrogens (tertiary/aromatic N) is 6. The lowest BCUT2D eigenvalue weighted by Gasteiger charge is -2.47. The molecule has 8 nitrogen and oxygen atoms in total. The molecule has 2 fully saturated rings. The first-order chi connectivity index (χ1) is 19.5. The van der Waals surface area contributed by atoms with E-state index in [4.69, 9.17) is 4.74 Å². The summed E-state index contributed by atoms with van der Waals surface area (Å²) in [5.41, 5.74) is -1.53. The van der Waals surface area contributed by atoms with Crippen molar-refractivity contribution in [3.8, 4) is 16.8 Å². The van der Waals surface area contributed by atoms with Crippen LogP contribution in [0, 0.1) is 5.82 Å². The zero-order chi connectivity index (χ0) is 30.6. The fraction of sp³-hybridized carbons (Fsp3) is 0.500. The van der Waals surface area contributed by atoms with Crippen LogP contribution in [0.5, 0.6) is 0 Å². The third kappa shape index (κ3) is 6.14. The van der Waals surface area contributed by atoms with Crippen LogP contribution >= 0.6 is 0 Å². The minimum atomic E-state index is -4.66. The first-order valence-electron chi connectivity index (χ1n) is 13.9. The zero-order valence-electron chi connectivity index (χ0n) is 24.7. The number of aromatic nitrogens is 3. The summed E-state index contributed by atoms with van der Waals surface area (Å²) in [5, 5.41) is 0. The van der Waals surface area contributed by atoms with Gasteiger partial charge in [-0.25, -0.2) is 14.4 Å². The van der Waals surface area contributed by atoms with Crippen LogP contribution < -0.4 is 15.4 Å². The molecule has 0 unspecified atom stereocenters. The van der Waals surface area contributed by atoms with Crippen LogP contribution in [0.15, 0.2) is 47.7 Å². The minimum Gasteiger partial charge on any atom is -0.367 e. The van der Waals surface area contributed by atoms with Crippen molar-refractivity contribution in [2.45, 2.75) is 58.0 Å². The topological polar surface area (TPSA) is 66.7 Å². The van der Waals surface area contributed by atoms with Crippen molar-refractivity contribution in [2.24, 2.45) is 0 Å². The van der Waals surface area contributed by atoms with Crippen molar-refractivity contribution in [1.82, 2.24) is 19.4 Å². The normalized spacial score (nSPS) is 21.0. The standard InChI is InChI=1S/C30H36F4N6O2/c1-19-16-38(10-9-37(19)6)24-13-23(31)22(12-25(24)40-8-7-21(11-26(40)41)30(32,33)34)20-14-35-27(36-15-20)39-17-28(2,3)42-29(4,5)18-39/h7-8,11-15,19H,9-10,16-18H2,1-6H3/t19-/m1/s1. The van der Waals surface area contributed by atoms with E-state index in [1.165, 1.54) is 24.5 Å². The van der Waals surface area contributed by atoms with E-state index in [1.807, 2.05) is 51.5 Å². The maximum atomic E-state index is 15.8. The number of morpholine rings is 1. The summed E-state index contributed by atoms with van der Waals surface area (Å²) in [6.07, 6.45) is -0.529. The van der Waals surface area contributed by atoms with Gasteiger partial charge in [0.05, 0.1) is 28.1 Å². The molecule has 0 bridgehead atoms. The number of ether oxygens (including phenoxy) is 1. The van der Waals surface area contributed by atoms with Gasteiger partial charge in [0, 0.05) is 74.5 Å². The van der Waals surface area contributed by atoms with Crippen molar-refractivity contribution >= 4 is 11.6 Å². The Morgan fingerprint density at radius 3 is 2.17 bits per heavy atom. The van der Waals surface area contributed by atoms with Crippen molar-refractivity contribution in [2.75, 3.05) is 49.6 Å². The molecular weight excluding hydrogens is 552 g/mol. The summed E-state index contributed by atoms with van der Waals surface area (Å²) in [7, 11) is 2.00. The Bertz CT molecular complexity index is 1500.